The molecule has 3 rings (SSSR count). The van der Waals surface area contributed by atoms with Crippen molar-refractivity contribution in [2.24, 2.45) is 0 Å². The second-order valence-electron chi connectivity index (χ2n) is 4.15. The van der Waals surface area contributed by atoms with Crippen LogP contribution in [0.4, 0.5) is 5.82 Å². The monoisotopic (exact) mass is 267 g/mol. The molecule has 2 heterocycles. The van der Waals surface area contributed by atoms with Gasteiger partial charge in [-0.1, -0.05) is 30.3 Å². The van der Waals surface area contributed by atoms with Gasteiger partial charge in [0.25, 0.3) is 0 Å². The van der Waals surface area contributed by atoms with Gasteiger partial charge in [0, 0.05) is 12.6 Å². The molecule has 0 aliphatic carbocycles. The van der Waals surface area contributed by atoms with Crippen LogP contribution in [0.25, 0.3) is 11.4 Å². The highest BCUT2D eigenvalue weighted by Crippen LogP contribution is 2.12. The van der Waals surface area contributed by atoms with Gasteiger partial charge in [-0.25, -0.2) is 4.98 Å². The molecule has 3 aromatic rings. The van der Waals surface area contributed by atoms with E-state index in [0.717, 1.165) is 17.1 Å². The summed E-state index contributed by atoms with van der Waals surface area (Å²) in [5, 5.41) is 15.3. The van der Waals surface area contributed by atoms with Crippen LogP contribution in [0.3, 0.4) is 0 Å². The van der Waals surface area contributed by atoms with Gasteiger partial charge in [-0.05, 0) is 5.21 Å². The number of aromatic nitrogens is 6. The largest absolute Gasteiger partial charge is 0.372 e. The van der Waals surface area contributed by atoms with Crippen LogP contribution in [0.15, 0.2) is 42.7 Å². The number of nitrogens with one attached hydrogen (secondary N) is 1. The van der Waals surface area contributed by atoms with Gasteiger partial charge in [0.05, 0.1) is 18.1 Å². The highest BCUT2D eigenvalue weighted by Gasteiger charge is 2.06. The fourth-order valence-electron chi connectivity index (χ4n) is 1.72. The number of benzene rings is 1. The van der Waals surface area contributed by atoms with Gasteiger partial charge in [0.1, 0.15) is 12.4 Å². The maximum Gasteiger partial charge on any atom is 0.204 e. The normalized spacial score (nSPS) is 10.4. The molecule has 20 heavy (non-hydrogen) atoms. The minimum absolute atomic E-state index is 0.441. The smallest absolute Gasteiger partial charge is 0.204 e. The summed E-state index contributed by atoms with van der Waals surface area (Å²) >= 11 is 0. The minimum atomic E-state index is 0.441. The van der Waals surface area contributed by atoms with E-state index in [1.165, 1.54) is 4.80 Å². The molecule has 0 saturated carbocycles. The maximum absolute atomic E-state index is 4.33. The Hall–Kier alpha value is -2.83. The van der Waals surface area contributed by atoms with Crippen molar-refractivity contribution in [3.05, 3.63) is 48.4 Å². The van der Waals surface area contributed by atoms with Gasteiger partial charge in [-0.2, -0.15) is 4.80 Å². The van der Waals surface area contributed by atoms with Crippen molar-refractivity contribution in [1.29, 1.82) is 0 Å². The first-order valence-corrected chi connectivity index (χ1v) is 6.17. The van der Waals surface area contributed by atoms with E-state index < -0.39 is 0 Å². The molecule has 1 N–H and O–H groups in total. The standard InChI is InChI=1S/C13H13N7/c1-14-12-8-15-11(7-16-12)9-20-18-13(17-19-20)10-5-3-2-4-6-10/h2-8H,9H2,1H3,(H,14,16). The molecule has 0 atom stereocenters. The van der Waals surface area contributed by atoms with E-state index in [-0.39, 0.29) is 0 Å². The molecule has 0 spiro atoms. The molecule has 0 bridgehead atoms. The summed E-state index contributed by atoms with van der Waals surface area (Å²) in [6.45, 7) is 0.441. The van der Waals surface area contributed by atoms with Gasteiger partial charge in [-0.3, -0.25) is 4.98 Å². The summed E-state index contributed by atoms with van der Waals surface area (Å²) in [7, 11) is 1.80. The molecule has 0 aliphatic heterocycles. The molecule has 0 unspecified atom stereocenters. The van der Waals surface area contributed by atoms with Crippen LogP contribution >= 0.6 is 0 Å². The number of nitrogens with zero attached hydrogens (tertiary/aromatic N) is 6. The second kappa shape index (κ2) is 5.43. The van der Waals surface area contributed by atoms with Crippen LogP contribution in [0, 0.1) is 0 Å². The first-order chi connectivity index (χ1) is 9.85. The highest BCUT2D eigenvalue weighted by molar-refractivity contribution is 5.52. The zero-order valence-electron chi connectivity index (χ0n) is 10.9. The Balaban J connectivity index is 1.77. The Kier molecular flexibility index (Phi) is 3.32. The second-order valence-corrected chi connectivity index (χ2v) is 4.15. The lowest BCUT2D eigenvalue weighted by Gasteiger charge is -2.00. The van der Waals surface area contributed by atoms with E-state index in [0.29, 0.717) is 12.4 Å². The topological polar surface area (TPSA) is 81.4 Å². The number of hydrogen-bond donors (Lipinski definition) is 1. The Morgan fingerprint density at radius 3 is 2.65 bits per heavy atom. The molecule has 0 saturated heterocycles. The lowest BCUT2D eigenvalue weighted by Crippen LogP contribution is -2.06. The summed E-state index contributed by atoms with van der Waals surface area (Å²) < 4.78 is 0. The first-order valence-electron chi connectivity index (χ1n) is 6.17. The molecule has 100 valence electrons. The van der Waals surface area contributed by atoms with E-state index >= 15 is 0 Å². The van der Waals surface area contributed by atoms with Crippen LogP contribution in [0.5, 0.6) is 0 Å². The van der Waals surface area contributed by atoms with Crippen LogP contribution < -0.4 is 5.32 Å². The van der Waals surface area contributed by atoms with Crippen LogP contribution in [0.1, 0.15) is 5.69 Å². The van der Waals surface area contributed by atoms with Crippen molar-refractivity contribution in [3.8, 4) is 11.4 Å². The number of rotatable bonds is 4. The van der Waals surface area contributed by atoms with Gasteiger partial charge < -0.3 is 5.32 Å². The molecule has 7 nitrogen and oxygen atoms in total. The van der Waals surface area contributed by atoms with E-state index in [9.17, 15) is 0 Å². The third kappa shape index (κ3) is 2.61. The average Bonchev–Trinajstić information content (AvgIpc) is 2.97. The molecule has 2 aromatic heterocycles. The van der Waals surface area contributed by atoms with Crippen molar-refractivity contribution >= 4 is 5.82 Å². The van der Waals surface area contributed by atoms with Crippen molar-refractivity contribution in [2.75, 3.05) is 12.4 Å². The Morgan fingerprint density at radius 2 is 1.95 bits per heavy atom. The Labute approximate surface area is 115 Å². The summed E-state index contributed by atoms with van der Waals surface area (Å²) in [5.41, 5.74) is 1.72. The predicted octanol–water partition coefficient (Wildman–Crippen LogP) is 1.22. The maximum atomic E-state index is 4.33. The lowest BCUT2D eigenvalue weighted by molar-refractivity contribution is 0.563. The predicted molar refractivity (Wildman–Crippen MR) is 73.9 cm³/mol. The molecule has 1 aromatic carbocycles. The van der Waals surface area contributed by atoms with E-state index in [1.54, 1.807) is 19.4 Å². The van der Waals surface area contributed by atoms with Gasteiger partial charge >= 0.3 is 0 Å². The van der Waals surface area contributed by atoms with Gasteiger partial charge in [-0.15, -0.1) is 10.2 Å². The number of tetrazole rings is 1. The molecule has 0 amide bonds. The lowest BCUT2D eigenvalue weighted by atomic mass is 10.2. The van der Waals surface area contributed by atoms with E-state index in [1.807, 2.05) is 30.3 Å². The number of hydrogen-bond acceptors (Lipinski definition) is 6. The van der Waals surface area contributed by atoms with Crippen LogP contribution in [0.2, 0.25) is 0 Å². The van der Waals surface area contributed by atoms with Gasteiger partial charge in [0.2, 0.25) is 5.82 Å². The summed E-state index contributed by atoms with van der Waals surface area (Å²) in [6.07, 6.45) is 3.36. The summed E-state index contributed by atoms with van der Waals surface area (Å²) in [5.74, 6) is 1.33. The fourth-order valence-corrected chi connectivity index (χ4v) is 1.72. The third-order valence-corrected chi connectivity index (χ3v) is 2.75. The fraction of sp³-hybridized carbons (Fsp3) is 0.154. The van der Waals surface area contributed by atoms with E-state index in [2.05, 4.69) is 30.7 Å². The van der Waals surface area contributed by atoms with Crippen molar-refractivity contribution in [1.82, 2.24) is 30.2 Å². The average molecular weight is 267 g/mol. The molecule has 0 aliphatic rings. The first kappa shape index (κ1) is 12.2. The zero-order chi connectivity index (χ0) is 13.8. The molecule has 7 heteroatoms. The summed E-state index contributed by atoms with van der Waals surface area (Å²) in [6, 6.07) is 9.73. The Bertz CT molecular complexity index is 675. The van der Waals surface area contributed by atoms with E-state index in [4.69, 9.17) is 0 Å². The highest BCUT2D eigenvalue weighted by atomic mass is 15.6. The van der Waals surface area contributed by atoms with Gasteiger partial charge in [0.15, 0.2) is 0 Å². The SMILES string of the molecule is CNc1cnc(Cn2nnc(-c3ccccc3)n2)cn1. The van der Waals surface area contributed by atoms with Crippen LogP contribution in [-0.4, -0.2) is 37.2 Å². The van der Waals surface area contributed by atoms with Crippen molar-refractivity contribution in [3.63, 3.8) is 0 Å². The van der Waals surface area contributed by atoms with Crippen molar-refractivity contribution < 1.29 is 0 Å². The molecular formula is C13H13N7. The quantitative estimate of drug-likeness (QED) is 0.765. The molecule has 0 radical (unpaired) electrons. The summed E-state index contributed by atoms with van der Waals surface area (Å²) in [4.78, 5) is 9.97. The zero-order valence-corrected chi connectivity index (χ0v) is 10.9. The third-order valence-electron chi connectivity index (χ3n) is 2.75. The Morgan fingerprint density at radius 1 is 1.10 bits per heavy atom. The molecule has 0 fully saturated rings. The molecular weight excluding hydrogens is 254 g/mol. The minimum Gasteiger partial charge on any atom is -0.372 e. The van der Waals surface area contributed by atoms with Crippen LogP contribution in [-0.2, 0) is 6.54 Å². The van der Waals surface area contributed by atoms with Crippen molar-refractivity contribution in [2.45, 2.75) is 6.54 Å². The number of anilines is 1.